The van der Waals surface area contributed by atoms with E-state index in [4.69, 9.17) is 0 Å². The van der Waals surface area contributed by atoms with Crippen LogP contribution in [-0.2, 0) is 6.54 Å². The molecule has 0 amide bonds. The summed E-state index contributed by atoms with van der Waals surface area (Å²) >= 11 is 1.65. The molecule has 1 aromatic carbocycles. The number of aliphatic hydroxyl groups is 1. The molecule has 1 unspecified atom stereocenters. The lowest BCUT2D eigenvalue weighted by Gasteiger charge is -2.15. The molecule has 23 heavy (non-hydrogen) atoms. The van der Waals surface area contributed by atoms with Crippen molar-refractivity contribution in [3.05, 3.63) is 51.5 Å². The Hall–Kier alpha value is -1.92. The lowest BCUT2D eigenvalue weighted by Crippen LogP contribution is -2.39. The summed E-state index contributed by atoms with van der Waals surface area (Å²) in [5.74, 6) is 0.687. The fourth-order valence-electron chi connectivity index (χ4n) is 2.06. The third-order valence-corrected chi connectivity index (χ3v) is 4.21. The van der Waals surface area contributed by atoms with E-state index in [1.807, 2.05) is 51.2 Å². The molecular weight excluding hydrogens is 308 g/mol. The molecule has 6 heteroatoms. The van der Waals surface area contributed by atoms with E-state index in [-0.39, 0.29) is 0 Å². The van der Waals surface area contributed by atoms with E-state index < -0.39 is 6.10 Å². The first-order valence-corrected chi connectivity index (χ1v) is 8.58. The van der Waals surface area contributed by atoms with Crippen LogP contribution in [0.25, 0.3) is 0 Å². The lowest BCUT2D eigenvalue weighted by atomic mass is 10.1. The van der Waals surface area contributed by atoms with E-state index >= 15 is 0 Å². The van der Waals surface area contributed by atoms with Crippen LogP contribution in [0.3, 0.4) is 0 Å². The molecule has 0 saturated carbocycles. The number of benzene rings is 1. The van der Waals surface area contributed by atoms with Crippen molar-refractivity contribution >= 4 is 17.3 Å². The number of nitrogens with one attached hydrogen (secondary N) is 2. The summed E-state index contributed by atoms with van der Waals surface area (Å²) in [7, 11) is 0. The summed E-state index contributed by atoms with van der Waals surface area (Å²) in [6, 6.07) is 7.90. The molecule has 2 aromatic rings. The zero-order chi connectivity index (χ0) is 16.7. The highest BCUT2D eigenvalue weighted by Gasteiger charge is 2.08. The number of rotatable bonds is 6. The fraction of sp³-hybridized carbons (Fsp3) is 0.412. The molecule has 2 rings (SSSR count). The van der Waals surface area contributed by atoms with Crippen molar-refractivity contribution in [1.29, 1.82) is 0 Å². The molecule has 1 atom stereocenters. The monoisotopic (exact) mass is 332 g/mol. The second-order valence-corrected chi connectivity index (χ2v) is 6.69. The van der Waals surface area contributed by atoms with Gasteiger partial charge in [0.1, 0.15) is 5.01 Å². The maximum atomic E-state index is 10.3. The molecule has 0 bridgehead atoms. The Kier molecular flexibility index (Phi) is 6.55. The molecule has 0 saturated heterocycles. The van der Waals surface area contributed by atoms with Gasteiger partial charge in [-0.3, -0.25) is 0 Å². The minimum atomic E-state index is -0.568. The summed E-state index contributed by atoms with van der Waals surface area (Å²) in [6.07, 6.45) is 1.29. The predicted molar refractivity (Wildman–Crippen MR) is 95.8 cm³/mol. The smallest absolute Gasteiger partial charge is 0.191 e. The molecule has 3 N–H and O–H groups in total. The van der Waals surface area contributed by atoms with Crippen molar-refractivity contribution in [1.82, 2.24) is 15.6 Å². The van der Waals surface area contributed by atoms with Crippen LogP contribution in [0.5, 0.6) is 0 Å². The van der Waals surface area contributed by atoms with Crippen LogP contribution in [0.4, 0.5) is 0 Å². The number of nitrogens with zero attached hydrogens (tertiary/aromatic N) is 2. The summed E-state index contributed by atoms with van der Waals surface area (Å²) in [5, 5.41) is 17.6. The molecule has 0 aliphatic carbocycles. The lowest BCUT2D eigenvalue weighted by molar-refractivity contribution is 0.181. The number of aliphatic imine (C=N–C) groups is 1. The zero-order valence-electron chi connectivity index (χ0n) is 13.8. The van der Waals surface area contributed by atoms with Gasteiger partial charge in [-0.15, -0.1) is 11.3 Å². The van der Waals surface area contributed by atoms with E-state index in [1.165, 1.54) is 10.4 Å². The van der Waals surface area contributed by atoms with Crippen molar-refractivity contribution in [2.75, 3.05) is 13.1 Å². The molecule has 1 aromatic heterocycles. The second-order valence-electron chi connectivity index (χ2n) is 5.37. The van der Waals surface area contributed by atoms with Crippen molar-refractivity contribution in [3.63, 3.8) is 0 Å². The third-order valence-electron chi connectivity index (χ3n) is 3.31. The van der Waals surface area contributed by atoms with Gasteiger partial charge >= 0.3 is 0 Å². The topological polar surface area (TPSA) is 69.5 Å². The van der Waals surface area contributed by atoms with Crippen LogP contribution in [-0.4, -0.2) is 29.1 Å². The normalized spacial score (nSPS) is 13.0. The third kappa shape index (κ3) is 5.65. The van der Waals surface area contributed by atoms with Gasteiger partial charge in [0.05, 0.1) is 12.6 Å². The average molecular weight is 332 g/mol. The van der Waals surface area contributed by atoms with Gasteiger partial charge in [0.15, 0.2) is 5.96 Å². The number of hydrogen-bond acceptors (Lipinski definition) is 4. The van der Waals surface area contributed by atoms with Gasteiger partial charge in [0.2, 0.25) is 0 Å². The molecule has 0 aliphatic rings. The largest absolute Gasteiger partial charge is 0.387 e. The maximum absolute atomic E-state index is 10.3. The molecule has 0 fully saturated rings. The SMILES string of the molecule is CCNC(=NCc1ncc(C)s1)NCC(O)c1ccc(C)cc1. The van der Waals surface area contributed by atoms with Gasteiger partial charge in [-0.05, 0) is 26.3 Å². The van der Waals surface area contributed by atoms with Crippen molar-refractivity contribution < 1.29 is 5.11 Å². The Morgan fingerprint density at radius 3 is 2.61 bits per heavy atom. The second kappa shape index (κ2) is 8.64. The van der Waals surface area contributed by atoms with Crippen LogP contribution < -0.4 is 10.6 Å². The first-order chi connectivity index (χ1) is 11.1. The summed E-state index contributed by atoms with van der Waals surface area (Å²) in [5.41, 5.74) is 2.08. The fourth-order valence-corrected chi connectivity index (χ4v) is 2.77. The van der Waals surface area contributed by atoms with Crippen molar-refractivity contribution in [2.45, 2.75) is 33.4 Å². The van der Waals surface area contributed by atoms with Crippen LogP contribution in [0.1, 0.15) is 34.0 Å². The highest BCUT2D eigenvalue weighted by atomic mass is 32.1. The van der Waals surface area contributed by atoms with E-state index in [0.29, 0.717) is 19.0 Å². The number of aliphatic hydroxyl groups excluding tert-OH is 1. The predicted octanol–water partition coefficient (Wildman–Crippen LogP) is 2.55. The van der Waals surface area contributed by atoms with E-state index in [0.717, 1.165) is 17.1 Å². The van der Waals surface area contributed by atoms with E-state index in [9.17, 15) is 5.11 Å². The Labute approximate surface area is 141 Å². The molecular formula is C17H24N4OS. The molecule has 1 heterocycles. The van der Waals surface area contributed by atoms with E-state index in [1.54, 1.807) is 11.3 Å². The van der Waals surface area contributed by atoms with Crippen molar-refractivity contribution in [2.24, 2.45) is 4.99 Å². The molecule has 0 radical (unpaired) electrons. The van der Waals surface area contributed by atoms with E-state index in [2.05, 4.69) is 20.6 Å². The number of aromatic nitrogens is 1. The first-order valence-electron chi connectivity index (χ1n) is 7.76. The molecule has 0 spiro atoms. The van der Waals surface area contributed by atoms with Gasteiger partial charge < -0.3 is 15.7 Å². The highest BCUT2D eigenvalue weighted by Crippen LogP contribution is 2.13. The molecule has 5 nitrogen and oxygen atoms in total. The number of thiazole rings is 1. The van der Waals surface area contributed by atoms with Crippen LogP contribution in [0.2, 0.25) is 0 Å². The highest BCUT2D eigenvalue weighted by molar-refractivity contribution is 7.11. The minimum Gasteiger partial charge on any atom is -0.387 e. The molecule has 0 aliphatic heterocycles. The zero-order valence-corrected chi connectivity index (χ0v) is 14.7. The van der Waals surface area contributed by atoms with Gasteiger partial charge in [-0.2, -0.15) is 0 Å². The summed E-state index contributed by atoms with van der Waals surface area (Å²) in [4.78, 5) is 10.00. The Bertz CT molecular complexity index is 636. The summed E-state index contributed by atoms with van der Waals surface area (Å²) in [6.45, 7) is 7.79. The number of guanidine groups is 1. The Balaban J connectivity index is 1.91. The van der Waals surface area contributed by atoms with Gasteiger partial charge in [-0.25, -0.2) is 9.98 Å². The van der Waals surface area contributed by atoms with Crippen LogP contribution >= 0.6 is 11.3 Å². The quantitative estimate of drug-likeness (QED) is 0.562. The Morgan fingerprint density at radius 2 is 2.00 bits per heavy atom. The maximum Gasteiger partial charge on any atom is 0.191 e. The average Bonchev–Trinajstić information content (AvgIpc) is 2.96. The molecule has 124 valence electrons. The standard InChI is InChI=1S/C17H24N4OS/c1-4-18-17(21-11-16-19-9-13(3)23-16)20-10-15(22)14-7-5-12(2)6-8-14/h5-9,15,22H,4,10-11H2,1-3H3,(H2,18,20,21). The Morgan fingerprint density at radius 1 is 1.26 bits per heavy atom. The van der Waals surface area contributed by atoms with Gasteiger partial charge in [-0.1, -0.05) is 29.8 Å². The minimum absolute atomic E-state index is 0.409. The van der Waals surface area contributed by atoms with Crippen LogP contribution in [0.15, 0.2) is 35.5 Å². The number of hydrogen-bond donors (Lipinski definition) is 3. The van der Waals surface area contributed by atoms with Gasteiger partial charge in [0.25, 0.3) is 0 Å². The van der Waals surface area contributed by atoms with Crippen LogP contribution in [0, 0.1) is 13.8 Å². The van der Waals surface area contributed by atoms with Gasteiger partial charge in [0, 0.05) is 24.2 Å². The van der Waals surface area contributed by atoms with Crippen molar-refractivity contribution in [3.8, 4) is 0 Å². The number of aryl methyl sites for hydroxylation is 2. The first kappa shape index (κ1) is 17.4. The summed E-state index contributed by atoms with van der Waals surface area (Å²) < 4.78 is 0.